The topological polar surface area (TPSA) is 20.3 Å². The molecule has 1 aliphatic heterocycles. The van der Waals surface area contributed by atoms with Gasteiger partial charge in [0, 0.05) is 24.2 Å². The van der Waals surface area contributed by atoms with Crippen molar-refractivity contribution in [3.8, 4) is 0 Å². The zero-order valence-electron chi connectivity index (χ0n) is 9.03. The Morgan fingerprint density at radius 1 is 1.31 bits per heavy atom. The molecule has 2 rings (SSSR count). The van der Waals surface area contributed by atoms with E-state index >= 15 is 0 Å². The van der Waals surface area contributed by atoms with E-state index in [1.54, 1.807) is 6.08 Å². The Balaban J connectivity index is 2.00. The maximum absolute atomic E-state index is 11.7. The van der Waals surface area contributed by atoms with E-state index in [0.717, 1.165) is 31.5 Å². The number of likely N-dealkylation sites (tertiary alicyclic amines) is 1. The van der Waals surface area contributed by atoms with Gasteiger partial charge in [-0.05, 0) is 36.6 Å². The summed E-state index contributed by atoms with van der Waals surface area (Å²) >= 11 is 5.86. The Morgan fingerprint density at radius 3 is 2.75 bits per heavy atom. The minimum absolute atomic E-state index is 0.0949. The van der Waals surface area contributed by atoms with Gasteiger partial charge in [-0.2, -0.15) is 0 Å². The van der Waals surface area contributed by atoms with Crippen LogP contribution in [0, 0.1) is 0 Å². The smallest absolute Gasteiger partial charge is 0.246 e. The first-order valence-corrected chi connectivity index (χ1v) is 5.86. The van der Waals surface area contributed by atoms with Gasteiger partial charge in [0.2, 0.25) is 5.91 Å². The van der Waals surface area contributed by atoms with Crippen LogP contribution in [-0.4, -0.2) is 23.9 Å². The number of halogens is 1. The molecular formula is C13H14ClNO. The largest absolute Gasteiger partial charge is 0.339 e. The SMILES string of the molecule is O=C(/C=C/c1cccc(Cl)c1)N1CCCC1. The van der Waals surface area contributed by atoms with Crippen LogP contribution in [0.5, 0.6) is 0 Å². The molecule has 1 amide bonds. The van der Waals surface area contributed by atoms with Crippen LogP contribution in [0.1, 0.15) is 18.4 Å². The molecule has 0 bridgehead atoms. The van der Waals surface area contributed by atoms with Crippen LogP contribution in [0.2, 0.25) is 5.02 Å². The summed E-state index contributed by atoms with van der Waals surface area (Å²) < 4.78 is 0. The van der Waals surface area contributed by atoms with Gasteiger partial charge in [-0.1, -0.05) is 23.7 Å². The molecule has 2 nitrogen and oxygen atoms in total. The number of nitrogens with zero attached hydrogens (tertiary/aromatic N) is 1. The quantitative estimate of drug-likeness (QED) is 0.722. The molecule has 0 unspecified atom stereocenters. The highest BCUT2D eigenvalue weighted by molar-refractivity contribution is 6.30. The van der Waals surface area contributed by atoms with Crippen molar-refractivity contribution in [2.45, 2.75) is 12.8 Å². The summed E-state index contributed by atoms with van der Waals surface area (Å²) in [6.07, 6.45) is 5.68. The summed E-state index contributed by atoms with van der Waals surface area (Å²) in [5, 5.41) is 0.691. The van der Waals surface area contributed by atoms with Crippen molar-refractivity contribution < 1.29 is 4.79 Å². The molecule has 1 aromatic carbocycles. The van der Waals surface area contributed by atoms with Crippen LogP contribution in [0.25, 0.3) is 6.08 Å². The molecule has 1 aliphatic rings. The summed E-state index contributed by atoms with van der Waals surface area (Å²) in [6, 6.07) is 7.47. The number of hydrogen-bond acceptors (Lipinski definition) is 1. The monoisotopic (exact) mass is 235 g/mol. The minimum atomic E-state index is 0.0949. The number of benzene rings is 1. The molecule has 16 heavy (non-hydrogen) atoms. The summed E-state index contributed by atoms with van der Waals surface area (Å²) in [5.74, 6) is 0.0949. The average molecular weight is 236 g/mol. The number of carbonyl (C=O) groups is 1. The van der Waals surface area contributed by atoms with E-state index in [2.05, 4.69) is 0 Å². The maximum Gasteiger partial charge on any atom is 0.246 e. The lowest BCUT2D eigenvalue weighted by atomic mass is 10.2. The van der Waals surface area contributed by atoms with E-state index in [1.807, 2.05) is 35.2 Å². The zero-order chi connectivity index (χ0) is 11.4. The predicted octanol–water partition coefficient (Wildman–Crippen LogP) is 2.98. The highest BCUT2D eigenvalue weighted by Crippen LogP contribution is 2.13. The molecule has 3 heteroatoms. The van der Waals surface area contributed by atoms with Crippen molar-refractivity contribution in [2.24, 2.45) is 0 Å². The number of carbonyl (C=O) groups excluding carboxylic acids is 1. The van der Waals surface area contributed by atoms with E-state index in [9.17, 15) is 4.79 Å². The van der Waals surface area contributed by atoms with Gasteiger partial charge in [-0.15, -0.1) is 0 Å². The lowest BCUT2D eigenvalue weighted by molar-refractivity contribution is -0.124. The second-order valence-electron chi connectivity index (χ2n) is 3.92. The molecule has 0 spiro atoms. The first-order chi connectivity index (χ1) is 7.75. The maximum atomic E-state index is 11.7. The molecule has 0 aromatic heterocycles. The second kappa shape index (κ2) is 5.17. The van der Waals surface area contributed by atoms with Crippen LogP contribution in [0.4, 0.5) is 0 Å². The molecule has 0 saturated carbocycles. The van der Waals surface area contributed by atoms with Crippen molar-refractivity contribution in [1.29, 1.82) is 0 Å². The first kappa shape index (κ1) is 11.2. The van der Waals surface area contributed by atoms with Gasteiger partial charge >= 0.3 is 0 Å². The van der Waals surface area contributed by atoms with E-state index in [1.165, 1.54) is 0 Å². The standard InChI is InChI=1S/C13H14ClNO/c14-12-5-3-4-11(10-12)6-7-13(16)15-8-1-2-9-15/h3-7,10H,1-2,8-9H2/b7-6+. The average Bonchev–Trinajstić information content (AvgIpc) is 2.79. The summed E-state index contributed by atoms with van der Waals surface area (Å²) in [7, 11) is 0. The fourth-order valence-corrected chi connectivity index (χ4v) is 2.02. The lowest BCUT2D eigenvalue weighted by Gasteiger charge is -2.11. The highest BCUT2D eigenvalue weighted by atomic mass is 35.5. The van der Waals surface area contributed by atoms with Crippen LogP contribution >= 0.6 is 11.6 Å². The van der Waals surface area contributed by atoms with Crippen LogP contribution in [0.3, 0.4) is 0 Å². The van der Waals surface area contributed by atoms with Gasteiger partial charge in [0.1, 0.15) is 0 Å². The van der Waals surface area contributed by atoms with E-state index in [-0.39, 0.29) is 5.91 Å². The third kappa shape index (κ3) is 2.86. The molecular weight excluding hydrogens is 222 g/mol. The van der Waals surface area contributed by atoms with Crippen molar-refractivity contribution in [3.05, 3.63) is 40.9 Å². The fraction of sp³-hybridized carbons (Fsp3) is 0.308. The fourth-order valence-electron chi connectivity index (χ4n) is 1.82. The molecule has 1 heterocycles. The Bertz CT molecular complexity index is 408. The summed E-state index contributed by atoms with van der Waals surface area (Å²) in [4.78, 5) is 13.6. The first-order valence-electron chi connectivity index (χ1n) is 5.48. The Kier molecular flexibility index (Phi) is 3.62. The number of amides is 1. The highest BCUT2D eigenvalue weighted by Gasteiger charge is 2.14. The van der Waals surface area contributed by atoms with E-state index in [0.29, 0.717) is 5.02 Å². The minimum Gasteiger partial charge on any atom is -0.339 e. The Morgan fingerprint density at radius 2 is 2.06 bits per heavy atom. The number of rotatable bonds is 2. The Hall–Kier alpha value is -1.28. The third-order valence-electron chi connectivity index (χ3n) is 2.68. The van der Waals surface area contributed by atoms with Crippen LogP contribution < -0.4 is 0 Å². The van der Waals surface area contributed by atoms with Gasteiger partial charge in [0.25, 0.3) is 0 Å². The molecule has 0 aliphatic carbocycles. The zero-order valence-corrected chi connectivity index (χ0v) is 9.78. The van der Waals surface area contributed by atoms with Crippen molar-refractivity contribution in [2.75, 3.05) is 13.1 Å². The van der Waals surface area contributed by atoms with Crippen LogP contribution in [0.15, 0.2) is 30.3 Å². The number of hydrogen-bond donors (Lipinski definition) is 0. The predicted molar refractivity (Wildman–Crippen MR) is 66.3 cm³/mol. The lowest BCUT2D eigenvalue weighted by Crippen LogP contribution is -2.25. The van der Waals surface area contributed by atoms with E-state index in [4.69, 9.17) is 11.6 Å². The van der Waals surface area contributed by atoms with Gasteiger partial charge < -0.3 is 4.90 Å². The summed E-state index contributed by atoms with van der Waals surface area (Å²) in [6.45, 7) is 1.78. The third-order valence-corrected chi connectivity index (χ3v) is 2.92. The normalized spacial score (nSPS) is 15.9. The Labute approximate surface area is 101 Å². The molecule has 1 aromatic rings. The molecule has 1 saturated heterocycles. The van der Waals surface area contributed by atoms with Crippen molar-refractivity contribution in [1.82, 2.24) is 4.90 Å². The van der Waals surface area contributed by atoms with Gasteiger partial charge in [-0.25, -0.2) is 0 Å². The molecule has 84 valence electrons. The molecule has 0 atom stereocenters. The van der Waals surface area contributed by atoms with Gasteiger partial charge in [0.15, 0.2) is 0 Å². The van der Waals surface area contributed by atoms with Crippen LogP contribution in [-0.2, 0) is 4.79 Å². The van der Waals surface area contributed by atoms with Gasteiger partial charge in [0.05, 0.1) is 0 Å². The molecule has 0 N–H and O–H groups in total. The van der Waals surface area contributed by atoms with Gasteiger partial charge in [-0.3, -0.25) is 4.79 Å². The van der Waals surface area contributed by atoms with Crippen molar-refractivity contribution in [3.63, 3.8) is 0 Å². The molecule has 0 radical (unpaired) electrons. The summed E-state index contributed by atoms with van der Waals surface area (Å²) in [5.41, 5.74) is 0.958. The second-order valence-corrected chi connectivity index (χ2v) is 4.36. The van der Waals surface area contributed by atoms with E-state index < -0.39 is 0 Å². The van der Waals surface area contributed by atoms with Crippen molar-refractivity contribution >= 4 is 23.6 Å². The molecule has 1 fully saturated rings.